The molecule has 2 atom stereocenters. The summed E-state index contributed by atoms with van der Waals surface area (Å²) in [7, 11) is 0. The summed E-state index contributed by atoms with van der Waals surface area (Å²) in [6, 6.07) is 0. The third kappa shape index (κ3) is 4.33. The molecule has 0 radical (unpaired) electrons. The molecule has 3 nitrogen and oxygen atoms in total. The van der Waals surface area contributed by atoms with Crippen LogP contribution in [-0.2, 0) is 4.74 Å². The molecule has 22 heavy (non-hydrogen) atoms. The number of hydrogen-bond acceptors (Lipinski definition) is 3. The lowest BCUT2D eigenvalue weighted by atomic mass is 9.96. The highest BCUT2D eigenvalue weighted by Crippen LogP contribution is 2.29. The highest BCUT2D eigenvalue weighted by Gasteiger charge is 2.26. The lowest BCUT2D eigenvalue weighted by Gasteiger charge is -2.28. The van der Waals surface area contributed by atoms with E-state index in [2.05, 4.69) is 0 Å². The van der Waals surface area contributed by atoms with E-state index in [1.165, 1.54) is 0 Å². The van der Waals surface area contributed by atoms with E-state index in [-0.39, 0.29) is 0 Å². The van der Waals surface area contributed by atoms with Crippen LogP contribution in [0, 0.1) is 0 Å². The third-order valence-electron chi connectivity index (χ3n) is 3.66. The highest BCUT2D eigenvalue weighted by molar-refractivity contribution is 5.38. The lowest BCUT2D eigenvalue weighted by Crippen LogP contribution is -2.26. The monoisotopic (exact) mass is 300 g/mol. The predicted octanol–water partition coefficient (Wildman–Crippen LogP) is 3.35. The van der Waals surface area contributed by atoms with Gasteiger partial charge in [0, 0.05) is 0 Å². The van der Waals surface area contributed by atoms with E-state index in [1.54, 1.807) is 50.3 Å². The standard InChI is InChI=1S/C19H24O3/c1-17(2,15-7-5-11-18(3,20)13-9-15)22-16-8-6-12-19(4,21)14-10-16/h5-14,20-21H,1-4H3. The fourth-order valence-electron chi connectivity index (χ4n) is 2.24. The summed E-state index contributed by atoms with van der Waals surface area (Å²) in [5, 5.41) is 20.0. The Balaban J connectivity index is 2.19. The molecule has 0 heterocycles. The van der Waals surface area contributed by atoms with E-state index in [0.717, 1.165) is 5.57 Å². The van der Waals surface area contributed by atoms with Gasteiger partial charge in [-0.1, -0.05) is 24.3 Å². The molecule has 2 unspecified atom stereocenters. The zero-order valence-corrected chi connectivity index (χ0v) is 13.6. The number of allylic oxidation sites excluding steroid dienone is 5. The molecule has 2 N–H and O–H groups in total. The van der Waals surface area contributed by atoms with Gasteiger partial charge < -0.3 is 14.9 Å². The van der Waals surface area contributed by atoms with Gasteiger partial charge in [-0.2, -0.15) is 0 Å². The molecular formula is C19H24O3. The Labute approximate surface area is 132 Å². The van der Waals surface area contributed by atoms with Crippen LogP contribution in [0.1, 0.15) is 27.7 Å². The Hall–Kier alpha value is -1.84. The summed E-state index contributed by atoms with van der Waals surface area (Å²) in [6.07, 6.45) is 17.9. The van der Waals surface area contributed by atoms with E-state index in [1.807, 2.05) is 38.2 Å². The average molecular weight is 300 g/mol. The van der Waals surface area contributed by atoms with Crippen LogP contribution in [0.15, 0.2) is 72.1 Å². The average Bonchev–Trinajstić information content (AvgIpc) is 2.65. The number of ether oxygens (including phenoxy) is 1. The molecule has 2 rings (SSSR count). The van der Waals surface area contributed by atoms with Crippen molar-refractivity contribution in [2.45, 2.75) is 44.5 Å². The van der Waals surface area contributed by atoms with Crippen molar-refractivity contribution in [3.05, 3.63) is 72.1 Å². The van der Waals surface area contributed by atoms with Gasteiger partial charge >= 0.3 is 0 Å². The minimum absolute atomic E-state index is 0.568. The topological polar surface area (TPSA) is 49.7 Å². The minimum Gasteiger partial charge on any atom is -0.483 e. The van der Waals surface area contributed by atoms with Gasteiger partial charge in [-0.05, 0) is 69.7 Å². The van der Waals surface area contributed by atoms with Crippen LogP contribution in [0.3, 0.4) is 0 Å². The van der Waals surface area contributed by atoms with Crippen LogP contribution >= 0.6 is 0 Å². The fraction of sp³-hybridized carbons (Fsp3) is 0.368. The van der Waals surface area contributed by atoms with Gasteiger partial charge in [-0.3, -0.25) is 0 Å². The van der Waals surface area contributed by atoms with Crippen molar-refractivity contribution in [1.82, 2.24) is 0 Å². The Bertz CT molecular complexity index is 609. The smallest absolute Gasteiger partial charge is 0.128 e. The third-order valence-corrected chi connectivity index (χ3v) is 3.66. The van der Waals surface area contributed by atoms with E-state index in [9.17, 15) is 10.2 Å². The normalized spacial score (nSPS) is 31.4. The van der Waals surface area contributed by atoms with E-state index in [4.69, 9.17) is 4.74 Å². The van der Waals surface area contributed by atoms with E-state index in [0.29, 0.717) is 5.76 Å². The summed E-state index contributed by atoms with van der Waals surface area (Å²) >= 11 is 0. The van der Waals surface area contributed by atoms with Crippen LogP contribution in [0.2, 0.25) is 0 Å². The molecule has 0 amide bonds. The van der Waals surface area contributed by atoms with Crippen molar-refractivity contribution in [2.24, 2.45) is 0 Å². The molecule has 3 heteroatoms. The first-order valence-electron chi connectivity index (χ1n) is 7.41. The number of rotatable bonds is 3. The van der Waals surface area contributed by atoms with Crippen LogP contribution in [0.5, 0.6) is 0 Å². The van der Waals surface area contributed by atoms with Crippen LogP contribution in [-0.4, -0.2) is 27.0 Å². The number of aliphatic hydroxyl groups is 2. The van der Waals surface area contributed by atoms with Gasteiger partial charge in [-0.25, -0.2) is 0 Å². The molecule has 0 aromatic heterocycles. The predicted molar refractivity (Wildman–Crippen MR) is 89.1 cm³/mol. The maximum atomic E-state index is 10.0. The van der Waals surface area contributed by atoms with Crippen molar-refractivity contribution >= 4 is 0 Å². The molecule has 0 aromatic rings. The van der Waals surface area contributed by atoms with Crippen molar-refractivity contribution in [3.8, 4) is 0 Å². The summed E-state index contributed by atoms with van der Waals surface area (Å²) < 4.78 is 6.09. The molecular weight excluding hydrogens is 276 g/mol. The molecule has 0 aromatic carbocycles. The zero-order chi connectivity index (χ0) is 16.4. The van der Waals surface area contributed by atoms with Crippen LogP contribution in [0.4, 0.5) is 0 Å². The molecule has 2 aliphatic rings. The lowest BCUT2D eigenvalue weighted by molar-refractivity contribution is 0.0785. The van der Waals surface area contributed by atoms with Crippen LogP contribution in [0.25, 0.3) is 0 Å². The highest BCUT2D eigenvalue weighted by atomic mass is 16.5. The Morgan fingerprint density at radius 2 is 1.41 bits per heavy atom. The first-order valence-corrected chi connectivity index (χ1v) is 7.41. The van der Waals surface area contributed by atoms with Gasteiger partial charge in [0.1, 0.15) is 11.4 Å². The van der Waals surface area contributed by atoms with Gasteiger partial charge in [0.2, 0.25) is 0 Å². The van der Waals surface area contributed by atoms with Gasteiger partial charge in [-0.15, -0.1) is 0 Å². The minimum atomic E-state index is -0.964. The SMILES string of the molecule is CC1(O)C=CC=C(OC(C)(C)C2=CC=CC(C)(O)C=C2)C=C1. The Kier molecular flexibility index (Phi) is 4.32. The van der Waals surface area contributed by atoms with Crippen molar-refractivity contribution in [2.75, 3.05) is 0 Å². The van der Waals surface area contributed by atoms with Gasteiger partial charge in [0.25, 0.3) is 0 Å². The summed E-state index contributed by atoms with van der Waals surface area (Å²) in [5.74, 6) is 0.674. The maximum Gasteiger partial charge on any atom is 0.128 e. The van der Waals surface area contributed by atoms with Crippen molar-refractivity contribution in [3.63, 3.8) is 0 Å². The quantitative estimate of drug-likeness (QED) is 0.840. The largest absolute Gasteiger partial charge is 0.483 e. The van der Waals surface area contributed by atoms with E-state index >= 15 is 0 Å². The van der Waals surface area contributed by atoms with Gasteiger partial charge in [0.15, 0.2) is 0 Å². The fourth-order valence-corrected chi connectivity index (χ4v) is 2.24. The molecule has 118 valence electrons. The first kappa shape index (κ1) is 16.5. The molecule has 0 saturated carbocycles. The molecule has 2 aliphatic carbocycles. The van der Waals surface area contributed by atoms with Crippen molar-refractivity contribution < 1.29 is 14.9 Å². The maximum absolute atomic E-state index is 10.0. The van der Waals surface area contributed by atoms with E-state index < -0.39 is 16.8 Å². The Morgan fingerprint density at radius 3 is 2.05 bits per heavy atom. The summed E-state index contributed by atoms with van der Waals surface area (Å²) in [4.78, 5) is 0. The van der Waals surface area contributed by atoms with Crippen molar-refractivity contribution in [1.29, 1.82) is 0 Å². The molecule has 0 fully saturated rings. The van der Waals surface area contributed by atoms with Crippen LogP contribution < -0.4 is 0 Å². The second-order valence-electron chi connectivity index (χ2n) is 6.64. The second kappa shape index (κ2) is 5.75. The molecule has 0 bridgehead atoms. The second-order valence-corrected chi connectivity index (χ2v) is 6.64. The number of hydrogen-bond donors (Lipinski definition) is 2. The molecule has 0 aliphatic heterocycles. The zero-order valence-electron chi connectivity index (χ0n) is 13.6. The Morgan fingerprint density at radius 1 is 0.864 bits per heavy atom. The molecule has 0 spiro atoms. The summed E-state index contributed by atoms with van der Waals surface area (Å²) in [6.45, 7) is 7.39. The first-order chi connectivity index (χ1) is 10.1. The van der Waals surface area contributed by atoms with Gasteiger partial charge in [0.05, 0.1) is 11.2 Å². The summed E-state index contributed by atoms with van der Waals surface area (Å²) in [5.41, 5.74) is -1.52. The molecule has 0 saturated heterocycles.